The van der Waals surface area contributed by atoms with Gasteiger partial charge in [0.05, 0.1) is 13.1 Å². The van der Waals surface area contributed by atoms with Gasteiger partial charge >= 0.3 is 5.69 Å². The maximum Gasteiger partial charge on any atom is 0.330 e. The number of likely N-dealkylation sites (N-methyl/N-ethyl adjacent to an activating group) is 1. The number of piperazine rings is 1. The summed E-state index contributed by atoms with van der Waals surface area (Å²) in [5.41, 5.74) is 5.78. The van der Waals surface area contributed by atoms with Crippen molar-refractivity contribution >= 4 is 23.3 Å². The molecular formula is C23H30N6O4. The summed E-state index contributed by atoms with van der Waals surface area (Å²) in [7, 11) is 0. The van der Waals surface area contributed by atoms with Gasteiger partial charge in [-0.25, -0.2) is 4.79 Å². The summed E-state index contributed by atoms with van der Waals surface area (Å²) in [4.78, 5) is 58.0. The SMILES string of the molecule is CCN(C(=O)CN1CCN(C(=O)C2CC2)CC1)c1c(N)n(Cc2ccccc2)c(=O)[nH]c1=O. The summed E-state index contributed by atoms with van der Waals surface area (Å²) in [6.45, 7) is 4.67. The monoisotopic (exact) mass is 454 g/mol. The first-order valence-electron chi connectivity index (χ1n) is 11.4. The van der Waals surface area contributed by atoms with Crippen LogP contribution in [0.15, 0.2) is 39.9 Å². The Hall–Kier alpha value is -3.40. The summed E-state index contributed by atoms with van der Waals surface area (Å²) in [6.07, 6.45) is 1.96. The first-order valence-corrected chi connectivity index (χ1v) is 11.4. The van der Waals surface area contributed by atoms with E-state index in [1.807, 2.05) is 40.1 Å². The van der Waals surface area contributed by atoms with E-state index in [1.54, 1.807) is 6.92 Å². The Balaban J connectivity index is 1.49. The molecule has 1 aromatic heterocycles. The lowest BCUT2D eigenvalue weighted by Gasteiger charge is -2.35. The van der Waals surface area contributed by atoms with E-state index in [0.29, 0.717) is 26.2 Å². The Morgan fingerprint density at radius 3 is 2.36 bits per heavy atom. The number of hydrogen-bond donors (Lipinski definition) is 2. The number of amides is 2. The van der Waals surface area contributed by atoms with Crippen LogP contribution in [0.2, 0.25) is 0 Å². The number of nitrogens with zero attached hydrogens (tertiary/aromatic N) is 4. The average molecular weight is 455 g/mol. The number of aromatic amines is 1. The van der Waals surface area contributed by atoms with Crippen molar-refractivity contribution in [1.82, 2.24) is 19.4 Å². The van der Waals surface area contributed by atoms with Gasteiger partial charge in [-0.3, -0.25) is 28.8 Å². The maximum atomic E-state index is 13.1. The number of nitrogen functional groups attached to an aromatic ring is 1. The Bertz CT molecular complexity index is 1130. The normalized spacial score (nSPS) is 16.6. The van der Waals surface area contributed by atoms with Gasteiger partial charge in [0.25, 0.3) is 5.56 Å². The van der Waals surface area contributed by atoms with Crippen LogP contribution in [0.4, 0.5) is 11.5 Å². The van der Waals surface area contributed by atoms with E-state index in [-0.39, 0.29) is 48.9 Å². The predicted molar refractivity (Wildman–Crippen MR) is 125 cm³/mol. The average Bonchev–Trinajstić information content (AvgIpc) is 3.65. The molecule has 1 aromatic carbocycles. The molecule has 1 aliphatic carbocycles. The highest BCUT2D eigenvalue weighted by Gasteiger charge is 2.35. The minimum atomic E-state index is -0.683. The van der Waals surface area contributed by atoms with Gasteiger partial charge in [0.15, 0.2) is 5.69 Å². The van der Waals surface area contributed by atoms with Gasteiger partial charge < -0.3 is 15.5 Å². The van der Waals surface area contributed by atoms with Gasteiger partial charge in [-0.2, -0.15) is 0 Å². The first kappa shape index (κ1) is 22.8. The van der Waals surface area contributed by atoms with E-state index in [1.165, 1.54) is 9.47 Å². The van der Waals surface area contributed by atoms with Crippen LogP contribution in [-0.4, -0.2) is 70.4 Å². The van der Waals surface area contributed by atoms with Crippen molar-refractivity contribution in [1.29, 1.82) is 0 Å². The van der Waals surface area contributed by atoms with E-state index in [0.717, 1.165) is 18.4 Å². The summed E-state index contributed by atoms with van der Waals surface area (Å²) < 4.78 is 1.27. The molecule has 0 radical (unpaired) electrons. The molecule has 33 heavy (non-hydrogen) atoms. The number of aromatic nitrogens is 2. The minimum absolute atomic E-state index is 0.0134. The number of benzene rings is 1. The lowest BCUT2D eigenvalue weighted by atomic mass is 10.2. The Kier molecular flexibility index (Phi) is 6.64. The zero-order valence-corrected chi connectivity index (χ0v) is 18.8. The van der Waals surface area contributed by atoms with Crippen molar-refractivity contribution in [3.05, 3.63) is 56.7 Å². The second kappa shape index (κ2) is 9.62. The highest BCUT2D eigenvalue weighted by Crippen LogP contribution is 2.31. The molecule has 176 valence electrons. The Labute approximate surface area is 191 Å². The number of nitrogens with one attached hydrogen (secondary N) is 1. The number of rotatable bonds is 7. The van der Waals surface area contributed by atoms with Crippen molar-refractivity contribution in [2.75, 3.05) is 49.9 Å². The van der Waals surface area contributed by atoms with Crippen molar-refractivity contribution in [2.24, 2.45) is 5.92 Å². The Morgan fingerprint density at radius 2 is 1.76 bits per heavy atom. The number of anilines is 2. The van der Waals surface area contributed by atoms with Crippen LogP contribution in [-0.2, 0) is 16.1 Å². The topological polar surface area (TPSA) is 125 Å². The third-order valence-electron chi connectivity index (χ3n) is 6.25. The van der Waals surface area contributed by atoms with Crippen LogP contribution in [0.5, 0.6) is 0 Å². The molecule has 2 aromatic rings. The summed E-state index contributed by atoms with van der Waals surface area (Å²) in [5.74, 6) is 0.0930. The number of H-pyrrole nitrogens is 1. The zero-order chi connectivity index (χ0) is 23.5. The van der Waals surface area contributed by atoms with Crippen LogP contribution >= 0.6 is 0 Å². The van der Waals surface area contributed by atoms with Crippen LogP contribution in [0.1, 0.15) is 25.3 Å². The molecule has 0 bridgehead atoms. The van der Waals surface area contributed by atoms with E-state index in [2.05, 4.69) is 4.98 Å². The lowest BCUT2D eigenvalue weighted by Crippen LogP contribution is -2.52. The first-order chi connectivity index (χ1) is 15.9. The summed E-state index contributed by atoms with van der Waals surface area (Å²) in [5, 5.41) is 0. The van der Waals surface area contributed by atoms with Crippen molar-refractivity contribution in [2.45, 2.75) is 26.3 Å². The molecule has 1 saturated heterocycles. The quantitative estimate of drug-likeness (QED) is 0.610. The molecule has 10 heteroatoms. The molecule has 1 saturated carbocycles. The van der Waals surface area contributed by atoms with Crippen LogP contribution < -0.4 is 21.9 Å². The van der Waals surface area contributed by atoms with Gasteiger partial charge in [0, 0.05) is 38.6 Å². The van der Waals surface area contributed by atoms with Crippen molar-refractivity contribution < 1.29 is 9.59 Å². The fourth-order valence-corrected chi connectivity index (χ4v) is 4.21. The number of hydrogen-bond acceptors (Lipinski definition) is 6. The van der Waals surface area contributed by atoms with E-state index < -0.39 is 11.2 Å². The molecule has 2 fully saturated rings. The lowest BCUT2D eigenvalue weighted by molar-refractivity contribution is -0.134. The molecule has 0 atom stereocenters. The largest absolute Gasteiger partial charge is 0.383 e. The molecular weight excluding hydrogens is 424 g/mol. The molecule has 3 N–H and O–H groups in total. The van der Waals surface area contributed by atoms with E-state index in [9.17, 15) is 19.2 Å². The van der Waals surface area contributed by atoms with Gasteiger partial charge in [-0.15, -0.1) is 0 Å². The summed E-state index contributed by atoms with van der Waals surface area (Å²) in [6, 6.07) is 9.28. The smallest absolute Gasteiger partial charge is 0.330 e. The van der Waals surface area contributed by atoms with E-state index in [4.69, 9.17) is 5.73 Å². The molecule has 0 unspecified atom stereocenters. The highest BCUT2D eigenvalue weighted by atomic mass is 16.2. The standard InChI is InChI=1S/C23H30N6O4/c1-2-28(18(30)15-26-10-12-27(13-11-26)22(32)17-8-9-17)19-20(24)29(23(33)25-21(19)31)14-16-6-4-3-5-7-16/h3-7,17H,2,8-15,24H2,1H3,(H,25,31,33). The van der Waals surface area contributed by atoms with Crippen molar-refractivity contribution in [3.63, 3.8) is 0 Å². The number of carbonyl (C=O) groups excluding carboxylic acids is 2. The highest BCUT2D eigenvalue weighted by molar-refractivity contribution is 5.96. The molecule has 1 aliphatic heterocycles. The molecule has 2 heterocycles. The maximum absolute atomic E-state index is 13.1. The van der Waals surface area contributed by atoms with Gasteiger partial charge in [-0.1, -0.05) is 30.3 Å². The number of carbonyl (C=O) groups is 2. The van der Waals surface area contributed by atoms with Gasteiger partial charge in [-0.05, 0) is 25.3 Å². The third-order valence-corrected chi connectivity index (χ3v) is 6.25. The zero-order valence-electron chi connectivity index (χ0n) is 18.8. The minimum Gasteiger partial charge on any atom is -0.383 e. The van der Waals surface area contributed by atoms with Crippen LogP contribution in [0.3, 0.4) is 0 Å². The fraction of sp³-hybridized carbons (Fsp3) is 0.478. The van der Waals surface area contributed by atoms with E-state index >= 15 is 0 Å². The molecule has 2 amide bonds. The number of nitrogens with two attached hydrogens (primary N) is 1. The molecule has 0 spiro atoms. The third kappa shape index (κ3) is 5.00. The summed E-state index contributed by atoms with van der Waals surface area (Å²) >= 11 is 0. The molecule has 10 nitrogen and oxygen atoms in total. The van der Waals surface area contributed by atoms with Crippen molar-refractivity contribution in [3.8, 4) is 0 Å². The second-order valence-corrected chi connectivity index (χ2v) is 8.58. The van der Waals surface area contributed by atoms with Gasteiger partial charge in [0.2, 0.25) is 11.8 Å². The molecule has 2 aliphatic rings. The van der Waals surface area contributed by atoms with Gasteiger partial charge in [0.1, 0.15) is 5.82 Å². The second-order valence-electron chi connectivity index (χ2n) is 8.58. The molecule has 4 rings (SSSR count). The predicted octanol–water partition coefficient (Wildman–Crippen LogP) is 0.0742. The Morgan fingerprint density at radius 1 is 1.09 bits per heavy atom. The fourth-order valence-electron chi connectivity index (χ4n) is 4.21. The van der Waals surface area contributed by atoms with Crippen LogP contribution in [0.25, 0.3) is 0 Å². The van der Waals surface area contributed by atoms with Crippen LogP contribution in [0, 0.1) is 5.92 Å².